The summed E-state index contributed by atoms with van der Waals surface area (Å²) >= 11 is 9.00. The molecule has 0 saturated carbocycles. The standard InChI is InChI=1S/C7H9Br3O2/c1-2-3-4-5(11)6(12)7(8,9)10/h2-4H2,1H3. The molecule has 5 heteroatoms. The van der Waals surface area contributed by atoms with E-state index in [-0.39, 0.29) is 5.78 Å². The van der Waals surface area contributed by atoms with Gasteiger partial charge in [-0.05, 0) is 6.42 Å². The van der Waals surface area contributed by atoms with E-state index in [9.17, 15) is 9.59 Å². The van der Waals surface area contributed by atoms with Gasteiger partial charge in [0.25, 0.3) is 0 Å². The fourth-order valence-corrected chi connectivity index (χ4v) is 1.27. The summed E-state index contributed by atoms with van der Waals surface area (Å²) < 4.78 is -1.07. The van der Waals surface area contributed by atoms with Crippen LogP contribution < -0.4 is 0 Å². The average molecular weight is 365 g/mol. The number of hydrogen-bond donors (Lipinski definition) is 0. The highest BCUT2D eigenvalue weighted by Crippen LogP contribution is 2.34. The lowest BCUT2D eigenvalue weighted by atomic mass is 10.1. The van der Waals surface area contributed by atoms with Crippen LogP contribution in [0.3, 0.4) is 0 Å². The van der Waals surface area contributed by atoms with Crippen LogP contribution >= 0.6 is 47.8 Å². The van der Waals surface area contributed by atoms with Crippen molar-refractivity contribution in [3.05, 3.63) is 0 Å². The lowest BCUT2D eigenvalue weighted by Gasteiger charge is -2.08. The monoisotopic (exact) mass is 362 g/mol. The lowest BCUT2D eigenvalue weighted by Crippen LogP contribution is -2.26. The fourth-order valence-electron chi connectivity index (χ4n) is 0.609. The van der Waals surface area contributed by atoms with Crippen molar-refractivity contribution in [2.75, 3.05) is 0 Å². The summed E-state index contributed by atoms with van der Waals surface area (Å²) in [6, 6.07) is 0. The summed E-state index contributed by atoms with van der Waals surface area (Å²) in [5.74, 6) is -0.849. The number of ketones is 2. The number of carbonyl (C=O) groups is 2. The molecule has 0 rings (SSSR count). The SMILES string of the molecule is CCCCC(=O)C(=O)C(Br)(Br)Br. The molecule has 0 unspecified atom stereocenters. The molecule has 0 heterocycles. The molecule has 0 radical (unpaired) electrons. The summed E-state index contributed by atoms with van der Waals surface area (Å²) in [6.45, 7) is 1.97. The smallest absolute Gasteiger partial charge is 0.236 e. The topological polar surface area (TPSA) is 34.1 Å². The van der Waals surface area contributed by atoms with Crippen LogP contribution in [-0.4, -0.2) is 13.7 Å². The summed E-state index contributed by atoms with van der Waals surface area (Å²) in [6.07, 6.45) is 1.99. The highest BCUT2D eigenvalue weighted by Gasteiger charge is 2.33. The van der Waals surface area contributed by atoms with Crippen molar-refractivity contribution in [3.8, 4) is 0 Å². The number of alkyl halides is 3. The quantitative estimate of drug-likeness (QED) is 0.567. The molecule has 0 aliphatic heterocycles. The summed E-state index contributed by atoms with van der Waals surface area (Å²) in [5, 5.41) is 0. The minimum absolute atomic E-state index is 0.319. The molecule has 0 saturated heterocycles. The van der Waals surface area contributed by atoms with Crippen molar-refractivity contribution in [2.45, 2.75) is 28.3 Å². The first-order valence-electron chi connectivity index (χ1n) is 3.54. The Morgan fingerprint density at radius 1 is 1.25 bits per heavy atom. The summed E-state index contributed by atoms with van der Waals surface area (Å²) in [4.78, 5) is 22.3. The van der Waals surface area contributed by atoms with Gasteiger partial charge in [0.2, 0.25) is 11.6 Å². The summed E-state index contributed by atoms with van der Waals surface area (Å²) in [7, 11) is 0. The van der Waals surface area contributed by atoms with Crippen molar-refractivity contribution in [2.24, 2.45) is 0 Å². The minimum Gasteiger partial charge on any atom is -0.291 e. The van der Waals surface area contributed by atoms with Crippen molar-refractivity contribution in [1.82, 2.24) is 0 Å². The lowest BCUT2D eigenvalue weighted by molar-refractivity contribution is -0.135. The Balaban J connectivity index is 4.04. The maximum atomic E-state index is 11.2. The molecular weight excluding hydrogens is 356 g/mol. The van der Waals surface area contributed by atoms with Gasteiger partial charge >= 0.3 is 0 Å². The number of Topliss-reactive ketones (excluding diaryl/α,β-unsaturated/α-hetero) is 2. The molecule has 2 nitrogen and oxygen atoms in total. The molecule has 0 aromatic carbocycles. The molecule has 0 amide bonds. The van der Waals surface area contributed by atoms with Gasteiger partial charge in [-0.3, -0.25) is 9.59 Å². The van der Waals surface area contributed by atoms with Crippen LogP contribution in [0, 0.1) is 0 Å². The third-order valence-corrected chi connectivity index (χ3v) is 2.35. The number of rotatable bonds is 4. The first-order chi connectivity index (χ1) is 5.39. The van der Waals surface area contributed by atoms with Crippen molar-refractivity contribution in [3.63, 3.8) is 0 Å². The molecule has 0 aliphatic rings. The Bertz CT molecular complexity index is 184. The molecule has 0 aliphatic carbocycles. The first kappa shape index (κ1) is 12.8. The maximum Gasteiger partial charge on any atom is 0.236 e. The Morgan fingerprint density at radius 3 is 2.08 bits per heavy atom. The van der Waals surface area contributed by atoms with Crippen LogP contribution in [-0.2, 0) is 9.59 Å². The Morgan fingerprint density at radius 2 is 1.75 bits per heavy atom. The third kappa shape index (κ3) is 4.72. The molecule has 0 fully saturated rings. The van der Waals surface area contributed by atoms with Gasteiger partial charge in [-0.15, -0.1) is 0 Å². The normalized spacial score (nSPS) is 11.3. The Kier molecular flexibility index (Phi) is 5.85. The third-order valence-electron chi connectivity index (χ3n) is 1.27. The van der Waals surface area contributed by atoms with Crippen LogP contribution in [0.5, 0.6) is 0 Å². The van der Waals surface area contributed by atoms with E-state index in [4.69, 9.17) is 0 Å². The molecule has 12 heavy (non-hydrogen) atoms. The van der Waals surface area contributed by atoms with Crippen LogP contribution in [0.4, 0.5) is 0 Å². The largest absolute Gasteiger partial charge is 0.291 e. The van der Waals surface area contributed by atoms with E-state index < -0.39 is 7.93 Å². The molecule has 0 aromatic rings. The average Bonchev–Trinajstić information content (AvgIpc) is 1.97. The van der Waals surface area contributed by atoms with Gasteiger partial charge in [-0.2, -0.15) is 0 Å². The van der Waals surface area contributed by atoms with Crippen LogP contribution in [0.15, 0.2) is 0 Å². The number of unbranched alkanes of at least 4 members (excludes halogenated alkanes) is 1. The van der Waals surface area contributed by atoms with Gasteiger partial charge in [0.1, 0.15) is 0 Å². The summed E-state index contributed by atoms with van der Waals surface area (Å²) in [5.41, 5.74) is 0. The highest BCUT2D eigenvalue weighted by molar-refractivity contribution is 9.40. The van der Waals surface area contributed by atoms with E-state index in [0.29, 0.717) is 6.42 Å². The van der Waals surface area contributed by atoms with Gasteiger partial charge in [-0.25, -0.2) is 0 Å². The fraction of sp³-hybridized carbons (Fsp3) is 0.714. The van der Waals surface area contributed by atoms with Crippen molar-refractivity contribution >= 4 is 59.4 Å². The molecule has 70 valence electrons. The minimum atomic E-state index is -1.07. The first-order valence-corrected chi connectivity index (χ1v) is 5.91. The van der Waals surface area contributed by atoms with E-state index in [1.54, 1.807) is 0 Å². The van der Waals surface area contributed by atoms with Gasteiger partial charge in [0.05, 0.1) is 0 Å². The second kappa shape index (κ2) is 5.50. The Labute approximate surface area is 96.9 Å². The Hall–Kier alpha value is 0.780. The zero-order valence-corrected chi connectivity index (χ0v) is 11.3. The second-order valence-corrected chi connectivity index (χ2v) is 9.11. The molecule has 0 bridgehead atoms. The molecule has 0 atom stereocenters. The van der Waals surface area contributed by atoms with Gasteiger partial charge in [-0.1, -0.05) is 61.1 Å². The van der Waals surface area contributed by atoms with Crippen LogP contribution in [0.1, 0.15) is 26.2 Å². The predicted molar refractivity (Wildman–Crippen MR) is 59.1 cm³/mol. The van der Waals surface area contributed by atoms with E-state index in [1.807, 2.05) is 6.92 Å². The number of halogens is 3. The molecule has 0 spiro atoms. The predicted octanol–water partition coefficient (Wildman–Crippen LogP) is 3.15. The van der Waals surface area contributed by atoms with E-state index in [0.717, 1.165) is 12.8 Å². The molecule has 0 N–H and O–H groups in total. The second-order valence-electron chi connectivity index (χ2n) is 2.35. The zero-order valence-electron chi connectivity index (χ0n) is 6.57. The van der Waals surface area contributed by atoms with Crippen LogP contribution in [0.25, 0.3) is 0 Å². The van der Waals surface area contributed by atoms with E-state index in [2.05, 4.69) is 47.8 Å². The van der Waals surface area contributed by atoms with Gasteiger partial charge in [0, 0.05) is 6.42 Å². The zero-order chi connectivity index (χ0) is 9.78. The van der Waals surface area contributed by atoms with Gasteiger partial charge in [0.15, 0.2) is 2.14 Å². The van der Waals surface area contributed by atoms with E-state index in [1.165, 1.54) is 0 Å². The van der Waals surface area contributed by atoms with Crippen LogP contribution in [0.2, 0.25) is 0 Å². The highest BCUT2D eigenvalue weighted by atomic mass is 80.0. The molecular formula is C7H9Br3O2. The van der Waals surface area contributed by atoms with E-state index >= 15 is 0 Å². The van der Waals surface area contributed by atoms with Crippen molar-refractivity contribution in [1.29, 1.82) is 0 Å². The molecule has 0 aromatic heterocycles. The van der Waals surface area contributed by atoms with Crippen molar-refractivity contribution < 1.29 is 9.59 Å². The maximum absolute atomic E-state index is 11.2. The number of hydrogen-bond acceptors (Lipinski definition) is 2. The van der Waals surface area contributed by atoms with Gasteiger partial charge < -0.3 is 0 Å². The number of carbonyl (C=O) groups excluding carboxylic acids is 2.